The molecule has 0 fully saturated rings. The first-order valence-electron chi connectivity index (χ1n) is 12.6. The minimum absolute atomic E-state index is 0.0200. The molecule has 1 atom stereocenters. The Labute approximate surface area is 251 Å². The molecule has 3 aromatic carbocycles. The van der Waals surface area contributed by atoms with E-state index >= 15 is 0 Å². The molecule has 0 aliphatic heterocycles. The van der Waals surface area contributed by atoms with Crippen molar-refractivity contribution in [2.75, 3.05) is 10.8 Å². The third-order valence-electron chi connectivity index (χ3n) is 6.30. The van der Waals surface area contributed by atoms with Crippen LogP contribution in [0.15, 0.2) is 65.6 Å². The molecule has 0 aliphatic carbocycles. The molecule has 2 amide bonds. The highest BCUT2D eigenvalue weighted by molar-refractivity contribution is 7.92. The molecule has 0 radical (unpaired) electrons. The number of nitrogens with one attached hydrogen (secondary N) is 1. The van der Waals surface area contributed by atoms with E-state index < -0.39 is 34.4 Å². The number of carbonyl (C=O) groups is 2. The van der Waals surface area contributed by atoms with Crippen LogP contribution in [0.2, 0.25) is 15.1 Å². The summed E-state index contributed by atoms with van der Waals surface area (Å²) in [6.45, 7) is 8.06. The van der Waals surface area contributed by atoms with Crippen molar-refractivity contribution in [3.05, 3.63) is 92.4 Å². The second-order valence-electron chi connectivity index (χ2n) is 9.82. The summed E-state index contributed by atoms with van der Waals surface area (Å²) in [5.74, 6) is -1.02. The van der Waals surface area contributed by atoms with Crippen LogP contribution in [-0.2, 0) is 26.2 Å². The zero-order valence-electron chi connectivity index (χ0n) is 22.9. The molecule has 3 aromatic rings. The summed E-state index contributed by atoms with van der Waals surface area (Å²) < 4.78 is 29.0. The molecule has 0 saturated carbocycles. The second kappa shape index (κ2) is 13.3. The summed E-state index contributed by atoms with van der Waals surface area (Å²) in [7, 11) is -4.20. The molecular formula is C29H32Cl3N3O4S. The minimum atomic E-state index is -4.20. The van der Waals surface area contributed by atoms with E-state index in [1.54, 1.807) is 76.2 Å². The van der Waals surface area contributed by atoms with Gasteiger partial charge in [0.25, 0.3) is 10.0 Å². The molecule has 0 unspecified atom stereocenters. The first-order valence-corrected chi connectivity index (χ1v) is 15.2. The van der Waals surface area contributed by atoms with E-state index in [0.717, 1.165) is 9.87 Å². The fourth-order valence-electron chi connectivity index (χ4n) is 4.09. The lowest BCUT2D eigenvalue weighted by molar-refractivity contribution is -0.139. The number of hydrogen-bond donors (Lipinski definition) is 1. The molecule has 0 heterocycles. The van der Waals surface area contributed by atoms with E-state index in [0.29, 0.717) is 26.2 Å². The molecule has 1 N–H and O–H groups in total. The smallest absolute Gasteiger partial charge is 0.264 e. The largest absolute Gasteiger partial charge is 0.352 e. The molecular weight excluding hydrogens is 593 g/mol. The van der Waals surface area contributed by atoms with Crippen LogP contribution >= 0.6 is 34.8 Å². The number of rotatable bonds is 10. The molecule has 0 bridgehead atoms. The summed E-state index contributed by atoms with van der Waals surface area (Å²) >= 11 is 19.0. The molecule has 0 aromatic heterocycles. The number of halogens is 3. The van der Waals surface area contributed by atoms with E-state index in [9.17, 15) is 18.0 Å². The van der Waals surface area contributed by atoms with Gasteiger partial charge in [0, 0.05) is 33.2 Å². The minimum Gasteiger partial charge on any atom is -0.352 e. The number of carbonyl (C=O) groups excluding carboxylic acids is 2. The second-order valence-corrected chi connectivity index (χ2v) is 12.9. The molecule has 0 spiro atoms. The lowest BCUT2D eigenvalue weighted by Gasteiger charge is -2.33. The molecule has 40 heavy (non-hydrogen) atoms. The van der Waals surface area contributed by atoms with Gasteiger partial charge in [-0.05, 0) is 82.6 Å². The van der Waals surface area contributed by atoms with Gasteiger partial charge in [0.1, 0.15) is 12.6 Å². The van der Waals surface area contributed by atoms with E-state index in [2.05, 4.69) is 5.32 Å². The van der Waals surface area contributed by atoms with Crippen molar-refractivity contribution in [1.29, 1.82) is 0 Å². The van der Waals surface area contributed by atoms with Gasteiger partial charge < -0.3 is 10.2 Å². The van der Waals surface area contributed by atoms with Gasteiger partial charge in [0.15, 0.2) is 0 Å². The Morgan fingerprint density at radius 1 is 0.900 bits per heavy atom. The number of amides is 2. The van der Waals surface area contributed by atoms with Crippen molar-refractivity contribution < 1.29 is 18.0 Å². The molecule has 0 aliphatic rings. The van der Waals surface area contributed by atoms with Crippen LogP contribution in [-0.4, -0.2) is 43.8 Å². The van der Waals surface area contributed by atoms with Gasteiger partial charge in [-0.1, -0.05) is 58.6 Å². The predicted octanol–water partition coefficient (Wildman–Crippen LogP) is 6.40. The summed E-state index contributed by atoms with van der Waals surface area (Å²) in [6.07, 6.45) is 0. The summed E-state index contributed by atoms with van der Waals surface area (Å²) in [5, 5.41) is 3.87. The first-order chi connectivity index (χ1) is 18.7. The Balaban J connectivity index is 2.11. The van der Waals surface area contributed by atoms with E-state index in [1.807, 2.05) is 6.92 Å². The third-order valence-corrected chi connectivity index (χ3v) is 9.02. The van der Waals surface area contributed by atoms with Gasteiger partial charge in [-0.25, -0.2) is 8.42 Å². The lowest BCUT2D eigenvalue weighted by atomic mass is 10.1. The topological polar surface area (TPSA) is 86.8 Å². The number of benzene rings is 3. The third kappa shape index (κ3) is 7.49. The summed E-state index contributed by atoms with van der Waals surface area (Å²) in [5.41, 5.74) is 2.17. The van der Waals surface area contributed by atoms with Crippen molar-refractivity contribution in [3.8, 4) is 0 Å². The Morgan fingerprint density at radius 2 is 1.50 bits per heavy atom. The zero-order valence-corrected chi connectivity index (χ0v) is 26.0. The first kappa shape index (κ1) is 31.7. The lowest BCUT2D eigenvalue weighted by Crippen LogP contribution is -2.52. The Bertz CT molecular complexity index is 1470. The van der Waals surface area contributed by atoms with Crippen LogP contribution in [0.1, 0.15) is 37.5 Å². The maximum Gasteiger partial charge on any atom is 0.264 e. The average Bonchev–Trinajstić information content (AvgIpc) is 2.87. The molecule has 3 rings (SSSR count). The standard InChI is InChI=1S/C29H32Cl3N3O4S/c1-18(2)33-29(37)21(5)34(16-24-25(31)7-6-8-26(24)32)28(36)17-35(27-14-11-22(30)15-20(27)4)40(38,39)23-12-9-19(3)10-13-23/h6-15,18,21H,16-17H2,1-5H3,(H,33,37)/t21-/m1/s1. The molecule has 11 heteroatoms. The highest BCUT2D eigenvalue weighted by Crippen LogP contribution is 2.31. The van der Waals surface area contributed by atoms with E-state index in [1.165, 1.54) is 17.0 Å². The maximum atomic E-state index is 14.0. The Morgan fingerprint density at radius 3 is 2.05 bits per heavy atom. The van der Waals surface area contributed by atoms with Gasteiger partial charge >= 0.3 is 0 Å². The van der Waals surface area contributed by atoms with Crippen LogP contribution < -0.4 is 9.62 Å². The maximum absolute atomic E-state index is 14.0. The molecule has 214 valence electrons. The van der Waals surface area contributed by atoms with Crippen LogP contribution in [0, 0.1) is 13.8 Å². The number of nitrogens with zero attached hydrogens (tertiary/aromatic N) is 2. The van der Waals surface area contributed by atoms with E-state index in [-0.39, 0.29) is 23.2 Å². The van der Waals surface area contributed by atoms with Crippen LogP contribution in [0.4, 0.5) is 5.69 Å². The normalized spacial score (nSPS) is 12.2. The average molecular weight is 625 g/mol. The van der Waals surface area contributed by atoms with Crippen molar-refractivity contribution in [3.63, 3.8) is 0 Å². The highest BCUT2D eigenvalue weighted by Gasteiger charge is 2.33. The Hall–Kier alpha value is -2.78. The van der Waals surface area contributed by atoms with Crippen molar-refractivity contribution in [1.82, 2.24) is 10.2 Å². The van der Waals surface area contributed by atoms with Gasteiger partial charge in [-0.15, -0.1) is 0 Å². The van der Waals surface area contributed by atoms with Gasteiger partial charge in [-0.3, -0.25) is 13.9 Å². The summed E-state index contributed by atoms with van der Waals surface area (Å²) in [4.78, 5) is 28.4. The van der Waals surface area contributed by atoms with Gasteiger partial charge in [0.2, 0.25) is 11.8 Å². The highest BCUT2D eigenvalue weighted by atomic mass is 35.5. The van der Waals surface area contributed by atoms with Crippen LogP contribution in [0.5, 0.6) is 0 Å². The van der Waals surface area contributed by atoms with E-state index in [4.69, 9.17) is 34.8 Å². The van der Waals surface area contributed by atoms with Gasteiger partial charge in [-0.2, -0.15) is 0 Å². The Kier molecular flexibility index (Phi) is 10.5. The fourth-order valence-corrected chi connectivity index (χ4v) is 6.31. The molecule has 7 nitrogen and oxygen atoms in total. The van der Waals surface area contributed by atoms with Crippen LogP contribution in [0.3, 0.4) is 0 Å². The van der Waals surface area contributed by atoms with Crippen molar-refractivity contribution >= 4 is 62.3 Å². The number of aryl methyl sites for hydroxylation is 2. The van der Waals surface area contributed by atoms with Crippen molar-refractivity contribution in [2.24, 2.45) is 0 Å². The number of sulfonamides is 1. The number of hydrogen-bond acceptors (Lipinski definition) is 4. The monoisotopic (exact) mass is 623 g/mol. The van der Waals surface area contributed by atoms with Gasteiger partial charge in [0.05, 0.1) is 10.6 Å². The zero-order chi connectivity index (χ0) is 29.8. The SMILES string of the molecule is Cc1ccc(S(=O)(=O)N(CC(=O)N(Cc2c(Cl)cccc2Cl)[C@H](C)C(=O)NC(C)C)c2ccc(Cl)cc2C)cc1. The van der Waals surface area contributed by atoms with Crippen molar-refractivity contribution in [2.45, 2.75) is 58.1 Å². The quantitative estimate of drug-likeness (QED) is 0.283. The van der Waals surface area contributed by atoms with Crippen LogP contribution in [0.25, 0.3) is 0 Å². The summed E-state index contributed by atoms with van der Waals surface area (Å²) in [6, 6.07) is 14.9. The fraction of sp³-hybridized carbons (Fsp3) is 0.310. The predicted molar refractivity (Wildman–Crippen MR) is 162 cm³/mol. The number of anilines is 1. The molecule has 0 saturated heterocycles.